The maximum Gasteiger partial charge on any atom is 0.326 e. The van der Waals surface area contributed by atoms with Gasteiger partial charge in [-0.25, -0.2) is 4.79 Å². The van der Waals surface area contributed by atoms with Crippen molar-refractivity contribution in [3.05, 3.63) is 29.5 Å². The summed E-state index contributed by atoms with van der Waals surface area (Å²) in [7, 11) is 4.04. The summed E-state index contributed by atoms with van der Waals surface area (Å²) in [4.78, 5) is 18.2. The predicted molar refractivity (Wildman–Crippen MR) is 119 cm³/mol. The van der Waals surface area contributed by atoms with Crippen molar-refractivity contribution in [1.82, 2.24) is 19.7 Å². The number of likely N-dealkylation sites (N-methyl/N-ethyl adjacent to an activating group) is 1. The lowest BCUT2D eigenvalue weighted by Gasteiger charge is -2.53. The quantitative estimate of drug-likeness (QED) is 0.813. The van der Waals surface area contributed by atoms with Crippen LogP contribution in [0.25, 0.3) is 10.9 Å². The largest absolute Gasteiger partial charge is 0.508 e. The van der Waals surface area contributed by atoms with Gasteiger partial charge in [0.2, 0.25) is 0 Å². The Bertz CT molecular complexity index is 966. The lowest BCUT2D eigenvalue weighted by molar-refractivity contribution is -0.0138. The third-order valence-corrected chi connectivity index (χ3v) is 7.69. The highest BCUT2D eigenvalue weighted by Gasteiger charge is 2.49. The van der Waals surface area contributed by atoms with Gasteiger partial charge in [-0.3, -0.25) is 9.47 Å². The van der Waals surface area contributed by atoms with E-state index in [4.69, 9.17) is 0 Å². The lowest BCUT2D eigenvalue weighted by Crippen LogP contribution is -2.56. The fraction of sp³-hybridized carbons (Fsp3) is 0.625. The molecule has 4 heterocycles. The first kappa shape index (κ1) is 19.9. The highest BCUT2D eigenvalue weighted by molar-refractivity contribution is 5.96. The molecule has 6 nitrogen and oxygen atoms in total. The van der Waals surface area contributed by atoms with Crippen LogP contribution >= 0.6 is 0 Å². The van der Waals surface area contributed by atoms with Gasteiger partial charge in [-0.15, -0.1) is 0 Å². The third-order valence-electron chi connectivity index (χ3n) is 7.69. The third kappa shape index (κ3) is 3.12. The Kier molecular flexibility index (Phi) is 5.02. The van der Waals surface area contributed by atoms with Crippen LogP contribution in [0.2, 0.25) is 0 Å². The minimum Gasteiger partial charge on any atom is -0.508 e. The second kappa shape index (κ2) is 7.57. The zero-order chi connectivity index (χ0) is 21.0. The number of aromatic hydroxyl groups is 1. The number of fused-ring (bicyclic) bond motifs is 4. The maximum atomic E-state index is 13.4. The van der Waals surface area contributed by atoms with Crippen molar-refractivity contribution in [3.63, 3.8) is 0 Å². The van der Waals surface area contributed by atoms with Crippen LogP contribution in [0.4, 0.5) is 4.79 Å². The molecule has 1 amide bonds. The van der Waals surface area contributed by atoms with Crippen molar-refractivity contribution in [2.75, 3.05) is 40.3 Å². The molecule has 162 valence electrons. The number of nitrogens with one attached hydrogen (secondary N) is 1. The summed E-state index contributed by atoms with van der Waals surface area (Å²) in [5, 5.41) is 14.4. The summed E-state index contributed by atoms with van der Waals surface area (Å²) in [5.41, 5.74) is 3.43. The summed E-state index contributed by atoms with van der Waals surface area (Å²) < 4.78 is 1.96. The molecule has 4 aliphatic rings. The number of piperidine rings is 2. The topological polar surface area (TPSA) is 60.7 Å². The zero-order valence-corrected chi connectivity index (χ0v) is 18.4. The van der Waals surface area contributed by atoms with Gasteiger partial charge in [0.05, 0.1) is 5.52 Å². The Hall–Kier alpha value is -2.05. The van der Waals surface area contributed by atoms with E-state index in [0.717, 1.165) is 36.3 Å². The van der Waals surface area contributed by atoms with E-state index in [1.54, 1.807) is 6.07 Å². The second-order valence-corrected chi connectivity index (χ2v) is 9.78. The molecule has 1 aliphatic carbocycles. The average Bonchev–Trinajstić information content (AvgIpc) is 2.99. The monoisotopic (exact) mass is 410 g/mol. The Morgan fingerprint density at radius 3 is 2.90 bits per heavy atom. The van der Waals surface area contributed by atoms with Gasteiger partial charge in [-0.05, 0) is 69.0 Å². The number of aromatic nitrogens is 1. The van der Waals surface area contributed by atoms with E-state index < -0.39 is 0 Å². The molecule has 0 spiro atoms. The van der Waals surface area contributed by atoms with Crippen molar-refractivity contribution in [1.29, 1.82) is 0 Å². The minimum absolute atomic E-state index is 0.0308. The number of benzene rings is 1. The fourth-order valence-corrected chi connectivity index (χ4v) is 6.52. The van der Waals surface area contributed by atoms with Crippen LogP contribution in [0, 0.1) is 11.8 Å². The Morgan fingerprint density at radius 2 is 2.13 bits per heavy atom. The maximum absolute atomic E-state index is 13.4. The number of rotatable bonds is 4. The first-order valence-corrected chi connectivity index (χ1v) is 11.5. The van der Waals surface area contributed by atoms with Crippen LogP contribution in [-0.2, 0) is 6.42 Å². The number of hydrogen-bond acceptors (Lipinski definition) is 4. The van der Waals surface area contributed by atoms with Crippen molar-refractivity contribution >= 4 is 16.9 Å². The van der Waals surface area contributed by atoms with Gasteiger partial charge < -0.3 is 15.3 Å². The van der Waals surface area contributed by atoms with Gasteiger partial charge in [0, 0.05) is 49.2 Å². The first-order chi connectivity index (χ1) is 14.5. The van der Waals surface area contributed by atoms with Crippen molar-refractivity contribution in [2.45, 2.75) is 44.6 Å². The van der Waals surface area contributed by atoms with Gasteiger partial charge in [0.15, 0.2) is 0 Å². The fourth-order valence-electron chi connectivity index (χ4n) is 6.52. The molecule has 2 saturated heterocycles. The van der Waals surface area contributed by atoms with E-state index in [0.29, 0.717) is 24.4 Å². The van der Waals surface area contributed by atoms with Crippen LogP contribution < -0.4 is 5.32 Å². The van der Waals surface area contributed by atoms with E-state index >= 15 is 0 Å². The van der Waals surface area contributed by atoms with Gasteiger partial charge in [0.25, 0.3) is 0 Å². The van der Waals surface area contributed by atoms with E-state index in [-0.39, 0.29) is 11.8 Å². The molecule has 0 radical (unpaired) electrons. The zero-order valence-electron chi connectivity index (χ0n) is 18.4. The molecule has 4 bridgehead atoms. The van der Waals surface area contributed by atoms with Crippen LogP contribution in [-0.4, -0.2) is 71.8 Å². The molecule has 3 fully saturated rings. The molecule has 3 unspecified atom stereocenters. The summed E-state index contributed by atoms with van der Waals surface area (Å²) >= 11 is 0. The first-order valence-electron chi connectivity index (χ1n) is 11.5. The average molecular weight is 411 g/mol. The second-order valence-electron chi connectivity index (χ2n) is 9.78. The minimum atomic E-state index is -0.0308. The highest BCUT2D eigenvalue weighted by Crippen LogP contribution is 2.52. The van der Waals surface area contributed by atoms with Crippen LogP contribution in [0.15, 0.2) is 18.2 Å². The Labute approximate surface area is 178 Å². The molecule has 1 aromatic heterocycles. The number of carbonyl (C=O) groups is 1. The highest BCUT2D eigenvalue weighted by atomic mass is 16.3. The SMILES string of the molecule is CCC1C[C@H]2C[C@H]3c4c(c5cc(O)ccc5n4C(=O)NCCN(C)C)CCN(C2)C13. The van der Waals surface area contributed by atoms with Gasteiger partial charge in [-0.2, -0.15) is 0 Å². The smallest absolute Gasteiger partial charge is 0.326 e. The van der Waals surface area contributed by atoms with Crippen LogP contribution in [0.3, 0.4) is 0 Å². The molecule has 6 rings (SSSR count). The number of amides is 1. The number of carbonyl (C=O) groups excluding carboxylic acids is 1. The van der Waals surface area contributed by atoms with Crippen LogP contribution in [0.1, 0.15) is 43.4 Å². The molecule has 5 atom stereocenters. The van der Waals surface area contributed by atoms with E-state index in [1.165, 1.54) is 37.1 Å². The summed E-state index contributed by atoms with van der Waals surface area (Å²) in [5.74, 6) is 2.11. The van der Waals surface area contributed by atoms with Crippen molar-refractivity contribution in [2.24, 2.45) is 11.8 Å². The molecule has 1 aromatic carbocycles. The number of nitrogens with zero attached hydrogens (tertiary/aromatic N) is 3. The Balaban J connectivity index is 1.63. The van der Waals surface area contributed by atoms with Gasteiger partial charge in [-0.1, -0.05) is 13.3 Å². The van der Waals surface area contributed by atoms with Gasteiger partial charge in [0.1, 0.15) is 5.75 Å². The number of hydrogen-bond donors (Lipinski definition) is 2. The Morgan fingerprint density at radius 1 is 1.30 bits per heavy atom. The standard InChI is InChI=1S/C24H34N4O2/c1-4-16-11-15-12-20-22(16)27(14-15)9-7-18-19-13-17(29)5-6-21(19)28(23(18)20)24(30)25-8-10-26(2)3/h5-6,13,15-16,20,22,29H,4,7-12,14H2,1-3H3,(H,25,30)/t15-,16?,20+,22?/m0/s1. The molecule has 30 heavy (non-hydrogen) atoms. The van der Waals surface area contributed by atoms with Gasteiger partial charge >= 0.3 is 6.03 Å². The van der Waals surface area contributed by atoms with E-state index in [1.807, 2.05) is 30.8 Å². The molecule has 2 aromatic rings. The number of phenols is 1. The number of phenolic OH excluding ortho intramolecular Hbond substituents is 1. The molecule has 1 saturated carbocycles. The van der Waals surface area contributed by atoms with Crippen molar-refractivity contribution in [3.8, 4) is 5.75 Å². The summed E-state index contributed by atoms with van der Waals surface area (Å²) in [6, 6.07) is 5.99. The predicted octanol–water partition coefficient (Wildman–Crippen LogP) is 3.23. The van der Waals surface area contributed by atoms with E-state index in [2.05, 4.69) is 22.0 Å². The summed E-state index contributed by atoms with van der Waals surface area (Å²) in [6.07, 6.45) is 4.67. The van der Waals surface area contributed by atoms with E-state index in [9.17, 15) is 9.90 Å². The normalized spacial score (nSPS) is 29.8. The lowest BCUT2D eigenvalue weighted by atomic mass is 9.65. The van der Waals surface area contributed by atoms with Crippen LogP contribution in [0.5, 0.6) is 5.75 Å². The molecule has 3 aliphatic heterocycles. The molecule has 2 N–H and O–H groups in total. The molecular weight excluding hydrogens is 376 g/mol. The molecular formula is C24H34N4O2. The summed E-state index contributed by atoms with van der Waals surface area (Å²) in [6.45, 7) is 6.02. The molecule has 6 heteroatoms. The van der Waals surface area contributed by atoms with Crippen molar-refractivity contribution < 1.29 is 9.90 Å².